The minimum Gasteiger partial charge on any atom is -0.456 e. The van der Waals surface area contributed by atoms with Gasteiger partial charge in [-0.15, -0.1) is 0 Å². The first-order chi connectivity index (χ1) is 11.6. The molecule has 0 spiro atoms. The van der Waals surface area contributed by atoms with Crippen molar-refractivity contribution < 1.29 is 31.4 Å². The lowest BCUT2D eigenvalue weighted by Gasteiger charge is -2.14. The Morgan fingerprint density at radius 3 is 2.60 bits per heavy atom. The number of halogens is 4. The second-order valence-electron chi connectivity index (χ2n) is 5.15. The summed E-state index contributed by atoms with van der Waals surface area (Å²) >= 11 is 5.93. The molecule has 0 aromatic heterocycles. The van der Waals surface area contributed by atoms with Gasteiger partial charge in [0.15, 0.2) is 6.10 Å². The van der Waals surface area contributed by atoms with Crippen LogP contribution in [0.5, 0.6) is 11.5 Å². The van der Waals surface area contributed by atoms with Crippen LogP contribution in [0.3, 0.4) is 0 Å². The molecule has 0 aliphatic carbocycles. The lowest BCUT2D eigenvalue weighted by Crippen LogP contribution is -2.28. The van der Waals surface area contributed by atoms with Crippen LogP contribution < -0.4 is 4.74 Å². The fourth-order valence-electron chi connectivity index (χ4n) is 2.40. The minimum atomic E-state index is -5.09. The van der Waals surface area contributed by atoms with E-state index in [1.807, 2.05) is 0 Å². The van der Waals surface area contributed by atoms with E-state index in [0.29, 0.717) is 0 Å². The number of hydrogen-bond donors (Lipinski definition) is 1. The SMILES string of the molecule is N#Cc1cc(F)cc(Oc2ccc3c(c2Cl)C(O)C(F)(F)S3(=O)=O)c1. The van der Waals surface area contributed by atoms with Crippen LogP contribution in [0.4, 0.5) is 13.2 Å². The molecule has 1 N–H and O–H groups in total. The van der Waals surface area contributed by atoms with Crippen molar-refractivity contribution in [3.63, 3.8) is 0 Å². The molecule has 3 rings (SSSR count). The molecule has 130 valence electrons. The van der Waals surface area contributed by atoms with Crippen molar-refractivity contribution in [2.75, 3.05) is 0 Å². The summed E-state index contributed by atoms with van der Waals surface area (Å²) in [6, 6.07) is 6.58. The second-order valence-corrected chi connectivity index (χ2v) is 7.52. The molecule has 1 atom stereocenters. The molecule has 25 heavy (non-hydrogen) atoms. The molecule has 10 heteroatoms. The summed E-state index contributed by atoms with van der Waals surface area (Å²) in [6.45, 7) is 0. The number of hydrogen-bond acceptors (Lipinski definition) is 5. The Hall–Kier alpha value is -2.28. The maximum atomic E-state index is 13.8. The first kappa shape index (κ1) is 17.5. The first-order valence-corrected chi connectivity index (χ1v) is 8.47. The van der Waals surface area contributed by atoms with Crippen molar-refractivity contribution in [3.8, 4) is 17.6 Å². The van der Waals surface area contributed by atoms with Gasteiger partial charge in [0, 0.05) is 11.6 Å². The lowest BCUT2D eigenvalue weighted by molar-refractivity contribution is -0.0375. The van der Waals surface area contributed by atoms with E-state index in [1.165, 1.54) is 6.07 Å². The molecule has 0 saturated carbocycles. The van der Waals surface area contributed by atoms with E-state index in [2.05, 4.69) is 0 Å². The summed E-state index contributed by atoms with van der Waals surface area (Å²) in [7, 11) is -5.09. The minimum absolute atomic E-state index is 0.0542. The standard InChI is InChI=1S/C15H7ClF3NO4S/c16-13-10(24-9-4-7(6-20)3-8(17)5-9)1-2-11-12(13)14(21)15(18,19)25(11,22)23/h1-5,14,21H. The molecule has 1 heterocycles. The molecule has 0 bridgehead atoms. The van der Waals surface area contributed by atoms with E-state index < -0.39 is 42.5 Å². The van der Waals surface area contributed by atoms with E-state index in [4.69, 9.17) is 21.6 Å². The number of sulfone groups is 1. The maximum absolute atomic E-state index is 13.8. The number of benzene rings is 2. The second kappa shape index (κ2) is 5.62. The van der Waals surface area contributed by atoms with E-state index in [1.54, 1.807) is 6.07 Å². The fourth-order valence-corrected chi connectivity index (χ4v) is 4.22. The monoisotopic (exact) mass is 389 g/mol. The van der Waals surface area contributed by atoms with Crippen molar-refractivity contribution in [1.29, 1.82) is 5.26 Å². The summed E-state index contributed by atoms with van der Waals surface area (Å²) in [5.41, 5.74) is -0.748. The molecule has 0 radical (unpaired) electrons. The highest BCUT2D eigenvalue weighted by Crippen LogP contribution is 2.53. The van der Waals surface area contributed by atoms with Gasteiger partial charge in [-0.3, -0.25) is 0 Å². The zero-order valence-corrected chi connectivity index (χ0v) is 13.6. The van der Waals surface area contributed by atoms with E-state index in [0.717, 1.165) is 24.3 Å². The van der Waals surface area contributed by atoms with E-state index in [-0.39, 0.29) is 17.1 Å². The Morgan fingerprint density at radius 2 is 1.96 bits per heavy atom. The summed E-state index contributed by atoms with van der Waals surface area (Å²) in [5, 5.41) is 13.5. The third-order valence-electron chi connectivity index (χ3n) is 3.57. The quantitative estimate of drug-likeness (QED) is 0.848. The first-order valence-electron chi connectivity index (χ1n) is 6.61. The predicted molar refractivity (Wildman–Crippen MR) is 79.7 cm³/mol. The van der Waals surface area contributed by atoms with Gasteiger partial charge in [-0.25, -0.2) is 12.8 Å². The third kappa shape index (κ3) is 2.54. The summed E-state index contributed by atoms with van der Waals surface area (Å²) in [4.78, 5) is -0.806. The van der Waals surface area contributed by atoms with Crippen LogP contribution in [0.15, 0.2) is 35.2 Å². The van der Waals surface area contributed by atoms with Crippen LogP contribution in [-0.4, -0.2) is 18.8 Å². The Kier molecular flexibility index (Phi) is 3.95. The molecule has 2 aromatic carbocycles. The molecule has 1 aliphatic heterocycles. The average Bonchev–Trinajstić information content (AvgIpc) is 2.67. The Morgan fingerprint density at radius 1 is 1.28 bits per heavy atom. The van der Waals surface area contributed by atoms with Gasteiger partial charge in [0.25, 0.3) is 0 Å². The number of aliphatic hydroxyl groups excluding tert-OH is 1. The van der Waals surface area contributed by atoms with Crippen molar-refractivity contribution in [1.82, 2.24) is 0 Å². The highest BCUT2D eigenvalue weighted by atomic mass is 35.5. The topological polar surface area (TPSA) is 87.4 Å². The number of nitrogens with zero attached hydrogens (tertiary/aromatic N) is 1. The van der Waals surface area contributed by atoms with Crippen LogP contribution in [-0.2, 0) is 9.84 Å². The molecule has 2 aromatic rings. The summed E-state index contributed by atoms with van der Waals surface area (Å²) in [5.74, 6) is -1.21. The molecule has 5 nitrogen and oxygen atoms in total. The van der Waals surface area contributed by atoms with Gasteiger partial charge in [-0.05, 0) is 24.3 Å². The van der Waals surface area contributed by atoms with Gasteiger partial charge >= 0.3 is 5.25 Å². The Balaban J connectivity index is 2.10. The van der Waals surface area contributed by atoms with Gasteiger partial charge in [0.1, 0.15) is 17.3 Å². The van der Waals surface area contributed by atoms with Crippen LogP contribution in [0.25, 0.3) is 0 Å². The highest BCUT2D eigenvalue weighted by molar-refractivity contribution is 7.92. The average molecular weight is 390 g/mol. The van der Waals surface area contributed by atoms with Crippen LogP contribution >= 0.6 is 11.6 Å². The van der Waals surface area contributed by atoms with Crippen molar-refractivity contribution in [3.05, 3.63) is 52.3 Å². The summed E-state index contributed by atoms with van der Waals surface area (Å²) < 4.78 is 69.8. The molecule has 0 amide bonds. The van der Waals surface area contributed by atoms with E-state index >= 15 is 0 Å². The number of rotatable bonds is 2. The van der Waals surface area contributed by atoms with Crippen molar-refractivity contribution >= 4 is 21.4 Å². The van der Waals surface area contributed by atoms with Gasteiger partial charge in [0.05, 0.1) is 21.6 Å². The van der Waals surface area contributed by atoms with Crippen LogP contribution in [0.2, 0.25) is 5.02 Å². The summed E-state index contributed by atoms with van der Waals surface area (Å²) in [6.07, 6.45) is -2.66. The predicted octanol–water partition coefficient (Wildman–Crippen LogP) is 3.56. The molecule has 1 aliphatic rings. The molecular weight excluding hydrogens is 383 g/mol. The van der Waals surface area contributed by atoms with Crippen LogP contribution in [0, 0.1) is 17.1 Å². The zero-order chi connectivity index (χ0) is 18.6. The number of nitriles is 1. The molecular formula is C15H7ClF3NO4S. The van der Waals surface area contributed by atoms with Gasteiger partial charge in [-0.2, -0.15) is 14.0 Å². The third-order valence-corrected chi connectivity index (χ3v) is 5.84. The molecule has 1 unspecified atom stereocenters. The normalized spacial score (nSPS) is 19.9. The Labute approximate surface area is 144 Å². The number of fused-ring (bicyclic) bond motifs is 1. The highest BCUT2D eigenvalue weighted by Gasteiger charge is 2.61. The Bertz CT molecular complexity index is 1030. The fraction of sp³-hybridized carbons (Fsp3) is 0.133. The van der Waals surface area contributed by atoms with Crippen molar-refractivity contribution in [2.45, 2.75) is 16.3 Å². The smallest absolute Gasteiger partial charge is 0.379 e. The van der Waals surface area contributed by atoms with Gasteiger partial charge < -0.3 is 9.84 Å². The van der Waals surface area contributed by atoms with Gasteiger partial charge in [-0.1, -0.05) is 11.6 Å². The van der Waals surface area contributed by atoms with Gasteiger partial charge in [0.2, 0.25) is 9.84 Å². The van der Waals surface area contributed by atoms with Crippen molar-refractivity contribution in [2.24, 2.45) is 0 Å². The molecule has 0 saturated heterocycles. The largest absolute Gasteiger partial charge is 0.456 e. The molecule has 0 fully saturated rings. The number of ether oxygens (including phenoxy) is 1. The lowest BCUT2D eigenvalue weighted by atomic mass is 10.1. The van der Waals surface area contributed by atoms with E-state index in [9.17, 15) is 26.7 Å². The zero-order valence-electron chi connectivity index (χ0n) is 12.0. The van der Waals surface area contributed by atoms with Crippen LogP contribution in [0.1, 0.15) is 17.2 Å². The number of alkyl halides is 2. The maximum Gasteiger partial charge on any atom is 0.379 e. The number of aliphatic hydroxyl groups is 1.